The van der Waals surface area contributed by atoms with E-state index in [-0.39, 0.29) is 25.4 Å². The van der Waals surface area contributed by atoms with Crippen LogP contribution in [0.2, 0.25) is 0 Å². The van der Waals surface area contributed by atoms with Gasteiger partial charge in [0, 0.05) is 0 Å². The van der Waals surface area contributed by atoms with Crippen molar-refractivity contribution in [1.29, 1.82) is 0 Å². The first kappa shape index (κ1) is 18.1. The van der Waals surface area contributed by atoms with Gasteiger partial charge >= 0.3 is 5.97 Å². The molecular formula is C16H24N2O4. The molecule has 6 nitrogen and oxygen atoms in total. The van der Waals surface area contributed by atoms with E-state index in [2.05, 4.69) is 5.32 Å². The molecular weight excluding hydrogens is 284 g/mol. The Morgan fingerprint density at radius 1 is 1.23 bits per heavy atom. The summed E-state index contributed by atoms with van der Waals surface area (Å²) in [6.45, 7) is 5.67. The lowest BCUT2D eigenvalue weighted by Gasteiger charge is -2.22. The number of esters is 1. The number of hydrogen-bond donors (Lipinski definition) is 2. The molecule has 1 rings (SSSR count). The Balaban J connectivity index is 2.24. The summed E-state index contributed by atoms with van der Waals surface area (Å²) in [4.78, 5) is 23.3. The van der Waals surface area contributed by atoms with E-state index in [4.69, 9.17) is 15.2 Å². The summed E-state index contributed by atoms with van der Waals surface area (Å²) in [5.41, 5.74) is 6.20. The molecule has 1 aromatic rings. The summed E-state index contributed by atoms with van der Waals surface area (Å²) >= 11 is 0. The van der Waals surface area contributed by atoms with Gasteiger partial charge in [0.2, 0.25) is 5.91 Å². The second kappa shape index (κ2) is 8.51. The van der Waals surface area contributed by atoms with E-state index in [1.54, 1.807) is 0 Å². The minimum absolute atomic E-state index is 0.0917. The van der Waals surface area contributed by atoms with Gasteiger partial charge in [0.05, 0.1) is 12.2 Å². The van der Waals surface area contributed by atoms with Crippen molar-refractivity contribution < 1.29 is 19.1 Å². The fourth-order valence-corrected chi connectivity index (χ4v) is 1.49. The van der Waals surface area contributed by atoms with Crippen LogP contribution in [0.5, 0.6) is 0 Å². The Bertz CT molecular complexity index is 483. The van der Waals surface area contributed by atoms with Crippen molar-refractivity contribution in [3.8, 4) is 0 Å². The molecule has 0 spiro atoms. The zero-order valence-electron chi connectivity index (χ0n) is 13.3. The van der Waals surface area contributed by atoms with E-state index in [9.17, 15) is 9.59 Å². The van der Waals surface area contributed by atoms with E-state index in [1.165, 1.54) is 0 Å². The van der Waals surface area contributed by atoms with Crippen LogP contribution in [0.15, 0.2) is 30.3 Å². The van der Waals surface area contributed by atoms with Gasteiger partial charge in [-0.3, -0.25) is 9.59 Å². The maximum absolute atomic E-state index is 11.7. The van der Waals surface area contributed by atoms with Crippen molar-refractivity contribution >= 4 is 11.9 Å². The topological polar surface area (TPSA) is 90.6 Å². The van der Waals surface area contributed by atoms with Crippen molar-refractivity contribution in [3.63, 3.8) is 0 Å². The standard InChI is InChI=1S/C16H24N2O4/c1-16(2,3)22-11-13(17)15(20)18-9-14(19)21-10-12-7-5-4-6-8-12/h4-8,13H,9-11,17H2,1-3H3,(H,18,20)/t13-/m0/s1. The Morgan fingerprint density at radius 2 is 1.86 bits per heavy atom. The third-order valence-corrected chi connectivity index (χ3v) is 2.68. The monoisotopic (exact) mass is 308 g/mol. The van der Waals surface area contributed by atoms with Crippen LogP contribution in [0, 0.1) is 0 Å². The molecule has 122 valence electrons. The third kappa shape index (κ3) is 7.75. The van der Waals surface area contributed by atoms with Crippen molar-refractivity contribution in [2.75, 3.05) is 13.2 Å². The highest BCUT2D eigenvalue weighted by atomic mass is 16.5. The first-order chi connectivity index (χ1) is 10.3. The maximum Gasteiger partial charge on any atom is 0.325 e. The SMILES string of the molecule is CC(C)(C)OC[C@H](N)C(=O)NCC(=O)OCc1ccccc1. The van der Waals surface area contributed by atoms with Crippen LogP contribution in [0.1, 0.15) is 26.3 Å². The Morgan fingerprint density at radius 3 is 2.45 bits per heavy atom. The average molecular weight is 308 g/mol. The van der Waals surface area contributed by atoms with Crippen LogP contribution in [0.4, 0.5) is 0 Å². The highest BCUT2D eigenvalue weighted by molar-refractivity contribution is 5.85. The van der Waals surface area contributed by atoms with Gasteiger partial charge in [-0.15, -0.1) is 0 Å². The molecule has 0 aliphatic heterocycles. The lowest BCUT2D eigenvalue weighted by molar-refractivity contribution is -0.145. The molecule has 0 aliphatic rings. The van der Waals surface area contributed by atoms with Crippen molar-refractivity contribution in [3.05, 3.63) is 35.9 Å². The molecule has 0 bridgehead atoms. The van der Waals surface area contributed by atoms with Gasteiger partial charge in [-0.2, -0.15) is 0 Å². The summed E-state index contributed by atoms with van der Waals surface area (Å²) in [6, 6.07) is 8.49. The summed E-state index contributed by atoms with van der Waals surface area (Å²) in [5, 5.41) is 2.44. The molecule has 0 radical (unpaired) electrons. The average Bonchev–Trinajstić information content (AvgIpc) is 2.48. The fraction of sp³-hybridized carbons (Fsp3) is 0.500. The van der Waals surface area contributed by atoms with Crippen LogP contribution in [0.3, 0.4) is 0 Å². The molecule has 0 heterocycles. The maximum atomic E-state index is 11.7. The lowest BCUT2D eigenvalue weighted by atomic mass is 10.2. The Hall–Kier alpha value is -1.92. The quantitative estimate of drug-likeness (QED) is 0.733. The summed E-state index contributed by atoms with van der Waals surface area (Å²) in [7, 11) is 0. The largest absolute Gasteiger partial charge is 0.460 e. The van der Waals surface area contributed by atoms with Gasteiger partial charge in [-0.05, 0) is 26.3 Å². The lowest BCUT2D eigenvalue weighted by Crippen LogP contribution is -2.46. The van der Waals surface area contributed by atoms with E-state index >= 15 is 0 Å². The van der Waals surface area contributed by atoms with Gasteiger partial charge in [-0.25, -0.2) is 0 Å². The Kier molecular flexibility index (Phi) is 7.01. The van der Waals surface area contributed by atoms with Gasteiger partial charge < -0.3 is 20.5 Å². The zero-order chi connectivity index (χ0) is 16.6. The fourth-order valence-electron chi connectivity index (χ4n) is 1.49. The van der Waals surface area contributed by atoms with Crippen molar-refractivity contribution in [1.82, 2.24) is 5.32 Å². The molecule has 0 aliphatic carbocycles. The summed E-state index contributed by atoms with van der Waals surface area (Å²) < 4.78 is 10.5. The normalized spacial score (nSPS) is 12.5. The predicted molar refractivity (Wildman–Crippen MR) is 82.9 cm³/mol. The van der Waals surface area contributed by atoms with Crippen LogP contribution < -0.4 is 11.1 Å². The molecule has 1 atom stereocenters. The minimum Gasteiger partial charge on any atom is -0.460 e. The second-order valence-corrected chi connectivity index (χ2v) is 5.89. The van der Waals surface area contributed by atoms with Crippen LogP contribution in [0.25, 0.3) is 0 Å². The second-order valence-electron chi connectivity index (χ2n) is 5.89. The van der Waals surface area contributed by atoms with E-state index in [1.807, 2.05) is 51.1 Å². The highest BCUT2D eigenvalue weighted by Crippen LogP contribution is 2.06. The number of nitrogens with one attached hydrogen (secondary N) is 1. The molecule has 22 heavy (non-hydrogen) atoms. The molecule has 1 aromatic carbocycles. The molecule has 6 heteroatoms. The van der Waals surface area contributed by atoms with Crippen LogP contribution in [-0.2, 0) is 25.7 Å². The van der Waals surface area contributed by atoms with Crippen LogP contribution in [-0.4, -0.2) is 36.7 Å². The van der Waals surface area contributed by atoms with Gasteiger partial charge in [-0.1, -0.05) is 30.3 Å². The van der Waals surface area contributed by atoms with Crippen molar-refractivity contribution in [2.24, 2.45) is 5.73 Å². The Labute approximate surface area is 131 Å². The molecule has 0 unspecified atom stereocenters. The first-order valence-corrected chi connectivity index (χ1v) is 7.15. The minimum atomic E-state index is -0.818. The van der Waals surface area contributed by atoms with E-state index < -0.39 is 17.9 Å². The molecule has 0 fully saturated rings. The first-order valence-electron chi connectivity index (χ1n) is 7.15. The number of carbonyl (C=O) groups excluding carboxylic acids is 2. The molecule has 0 saturated carbocycles. The number of ether oxygens (including phenoxy) is 2. The van der Waals surface area contributed by atoms with Gasteiger partial charge in [0.1, 0.15) is 19.2 Å². The van der Waals surface area contributed by atoms with Gasteiger partial charge in [0.15, 0.2) is 0 Å². The molecule has 1 amide bonds. The number of rotatable bonds is 7. The number of benzene rings is 1. The predicted octanol–water partition coefficient (Wildman–Crippen LogP) is 0.988. The molecule has 3 N–H and O–H groups in total. The smallest absolute Gasteiger partial charge is 0.325 e. The molecule has 0 saturated heterocycles. The number of nitrogens with two attached hydrogens (primary N) is 1. The number of hydrogen-bond acceptors (Lipinski definition) is 5. The van der Waals surface area contributed by atoms with E-state index in [0.717, 1.165) is 5.56 Å². The van der Waals surface area contributed by atoms with E-state index in [0.29, 0.717) is 0 Å². The molecule has 0 aromatic heterocycles. The number of carbonyl (C=O) groups is 2. The third-order valence-electron chi connectivity index (χ3n) is 2.68. The summed E-state index contributed by atoms with van der Waals surface area (Å²) in [5.74, 6) is -0.956. The summed E-state index contributed by atoms with van der Waals surface area (Å²) in [6.07, 6.45) is 0. The zero-order valence-corrected chi connectivity index (χ0v) is 13.3. The van der Waals surface area contributed by atoms with Crippen molar-refractivity contribution in [2.45, 2.75) is 39.0 Å². The van der Waals surface area contributed by atoms with Gasteiger partial charge in [0.25, 0.3) is 0 Å². The highest BCUT2D eigenvalue weighted by Gasteiger charge is 2.18. The van der Waals surface area contributed by atoms with Crippen LogP contribution >= 0.6 is 0 Å². The number of amides is 1.